The van der Waals surface area contributed by atoms with Crippen LogP contribution in [-0.4, -0.2) is 25.3 Å². The van der Waals surface area contributed by atoms with Gasteiger partial charge in [0, 0.05) is 30.4 Å². The van der Waals surface area contributed by atoms with Crippen molar-refractivity contribution in [1.82, 2.24) is 9.13 Å². The zero-order valence-corrected chi connectivity index (χ0v) is 13.8. The van der Waals surface area contributed by atoms with Crippen LogP contribution in [0.15, 0.2) is 60.8 Å². The lowest BCUT2D eigenvalue weighted by atomic mass is 10.1. The molecule has 0 spiro atoms. The Morgan fingerprint density at radius 2 is 1.85 bits per heavy atom. The Morgan fingerprint density at radius 3 is 2.50 bits per heavy atom. The van der Waals surface area contributed by atoms with Gasteiger partial charge in [-0.25, -0.2) is 9.18 Å². The number of carbonyl (C=O) groups is 1. The molecule has 130 valence electrons. The number of carboxylic acid groups (broad SMARTS) is 1. The number of hydrogen-bond donors (Lipinski definition) is 2. The minimum absolute atomic E-state index is 0.149. The van der Waals surface area contributed by atoms with E-state index in [4.69, 9.17) is 0 Å². The van der Waals surface area contributed by atoms with Gasteiger partial charge in [0.05, 0.1) is 22.5 Å². The zero-order valence-electron chi connectivity index (χ0n) is 13.8. The second-order valence-corrected chi connectivity index (χ2v) is 6.02. The van der Waals surface area contributed by atoms with Crippen LogP contribution < -0.4 is 0 Å². The minimum atomic E-state index is -1.06. The van der Waals surface area contributed by atoms with Crippen LogP contribution in [0.2, 0.25) is 0 Å². The largest absolute Gasteiger partial charge is 0.505 e. The molecule has 0 fully saturated rings. The fraction of sp³-hybridized carbons (Fsp3) is 0.0500. The van der Waals surface area contributed by atoms with Gasteiger partial charge in [-0.15, -0.1) is 0 Å². The minimum Gasteiger partial charge on any atom is -0.505 e. The van der Waals surface area contributed by atoms with Crippen LogP contribution in [-0.2, 0) is 7.05 Å². The second kappa shape index (κ2) is 5.77. The first-order valence-electron chi connectivity index (χ1n) is 7.96. The van der Waals surface area contributed by atoms with Gasteiger partial charge in [-0.1, -0.05) is 18.2 Å². The van der Waals surface area contributed by atoms with Crippen molar-refractivity contribution in [2.24, 2.45) is 7.05 Å². The standard InChI is InChI=1S/C20H15FN2O3/c1-22-10-4-7-16(22)19-18(20(25)26)13-5-2-3-6-15(13)23(19)12-8-9-17(24)14(21)11-12/h2-11,24H,1H3,(H,25,26). The summed E-state index contributed by atoms with van der Waals surface area (Å²) in [6, 6.07) is 14.7. The first kappa shape index (κ1) is 16.0. The molecule has 0 atom stereocenters. The molecule has 2 N–H and O–H groups in total. The van der Waals surface area contributed by atoms with E-state index in [2.05, 4.69) is 0 Å². The highest BCUT2D eigenvalue weighted by molar-refractivity contribution is 6.10. The molecule has 0 amide bonds. The third kappa shape index (κ3) is 2.27. The second-order valence-electron chi connectivity index (χ2n) is 6.02. The van der Waals surface area contributed by atoms with Gasteiger partial charge in [0.2, 0.25) is 0 Å². The average molecular weight is 350 g/mol. The van der Waals surface area contributed by atoms with Crippen molar-refractivity contribution >= 4 is 16.9 Å². The van der Waals surface area contributed by atoms with E-state index in [1.165, 1.54) is 12.1 Å². The molecule has 26 heavy (non-hydrogen) atoms. The van der Waals surface area contributed by atoms with E-state index in [-0.39, 0.29) is 5.56 Å². The normalized spacial score (nSPS) is 11.2. The van der Waals surface area contributed by atoms with E-state index >= 15 is 0 Å². The van der Waals surface area contributed by atoms with Crippen molar-refractivity contribution in [1.29, 1.82) is 0 Å². The van der Waals surface area contributed by atoms with Gasteiger partial charge in [0.15, 0.2) is 11.6 Å². The van der Waals surface area contributed by atoms with Gasteiger partial charge in [0.25, 0.3) is 0 Å². The molecule has 0 aliphatic rings. The average Bonchev–Trinajstić information content (AvgIpc) is 3.18. The number of aromatic nitrogens is 2. The van der Waals surface area contributed by atoms with Crippen LogP contribution in [0.3, 0.4) is 0 Å². The number of rotatable bonds is 3. The van der Waals surface area contributed by atoms with Crippen LogP contribution in [0.25, 0.3) is 28.0 Å². The Labute approximate surface area is 148 Å². The summed E-state index contributed by atoms with van der Waals surface area (Å²) in [5.74, 6) is -2.28. The van der Waals surface area contributed by atoms with Gasteiger partial charge in [0.1, 0.15) is 0 Å². The van der Waals surface area contributed by atoms with Crippen LogP contribution in [0.4, 0.5) is 4.39 Å². The first-order valence-corrected chi connectivity index (χ1v) is 7.96. The number of aromatic hydroxyl groups is 1. The Kier molecular flexibility index (Phi) is 3.54. The Balaban J connectivity index is 2.19. The Morgan fingerprint density at radius 1 is 1.08 bits per heavy atom. The molecule has 4 rings (SSSR count). The number of halogens is 1. The van der Waals surface area contributed by atoms with Gasteiger partial charge in [-0.05, 0) is 30.3 Å². The molecule has 0 unspecified atom stereocenters. The van der Waals surface area contributed by atoms with E-state index in [1.807, 2.05) is 29.9 Å². The molecule has 0 aliphatic carbocycles. The Hall–Kier alpha value is -3.54. The molecular weight excluding hydrogens is 335 g/mol. The SMILES string of the molecule is Cn1cccc1-c1c(C(=O)O)c2ccccc2n1-c1ccc(O)c(F)c1. The van der Waals surface area contributed by atoms with Gasteiger partial charge in [-0.2, -0.15) is 0 Å². The first-order chi connectivity index (χ1) is 12.5. The maximum absolute atomic E-state index is 14.0. The summed E-state index contributed by atoms with van der Waals surface area (Å²) in [6.07, 6.45) is 1.82. The quantitative estimate of drug-likeness (QED) is 0.582. The van der Waals surface area contributed by atoms with E-state index < -0.39 is 17.5 Å². The van der Waals surface area contributed by atoms with Crippen LogP contribution >= 0.6 is 0 Å². The predicted octanol–water partition coefficient (Wildman–Crippen LogP) is 4.18. The highest BCUT2D eigenvalue weighted by Crippen LogP contribution is 2.37. The van der Waals surface area contributed by atoms with Gasteiger partial charge >= 0.3 is 5.97 Å². The third-order valence-electron chi connectivity index (χ3n) is 4.46. The number of carboxylic acids is 1. The van der Waals surface area contributed by atoms with E-state index in [1.54, 1.807) is 34.9 Å². The molecule has 4 aromatic rings. The van der Waals surface area contributed by atoms with E-state index in [0.717, 1.165) is 0 Å². The van der Waals surface area contributed by atoms with Crippen molar-refractivity contribution in [2.45, 2.75) is 0 Å². The number of phenolic OH excluding ortho intramolecular Hbond substituents is 1. The smallest absolute Gasteiger partial charge is 0.338 e. The summed E-state index contributed by atoms with van der Waals surface area (Å²) < 4.78 is 17.5. The van der Waals surface area contributed by atoms with Gasteiger partial charge < -0.3 is 19.3 Å². The maximum atomic E-state index is 14.0. The van der Waals surface area contributed by atoms with E-state index in [9.17, 15) is 19.4 Å². The molecule has 0 aliphatic heterocycles. The van der Waals surface area contributed by atoms with Crippen molar-refractivity contribution in [3.8, 4) is 22.8 Å². The zero-order chi connectivity index (χ0) is 18.4. The summed E-state index contributed by atoms with van der Waals surface area (Å²) in [7, 11) is 1.82. The molecule has 2 aromatic carbocycles. The number of benzene rings is 2. The number of para-hydroxylation sites is 1. The highest BCUT2D eigenvalue weighted by Gasteiger charge is 2.25. The number of hydrogen-bond acceptors (Lipinski definition) is 2. The number of phenols is 1. The summed E-state index contributed by atoms with van der Waals surface area (Å²) in [6.45, 7) is 0. The summed E-state index contributed by atoms with van der Waals surface area (Å²) in [5, 5.41) is 19.9. The maximum Gasteiger partial charge on any atom is 0.338 e. The Bertz CT molecular complexity index is 1160. The molecule has 2 heterocycles. The molecule has 2 aromatic heterocycles. The molecule has 0 bridgehead atoms. The van der Waals surface area contributed by atoms with Crippen LogP contribution in [0, 0.1) is 5.82 Å². The van der Waals surface area contributed by atoms with Crippen molar-refractivity contribution in [3.63, 3.8) is 0 Å². The fourth-order valence-corrected chi connectivity index (χ4v) is 3.31. The molecule has 5 nitrogen and oxygen atoms in total. The lowest BCUT2D eigenvalue weighted by Gasteiger charge is -2.13. The number of fused-ring (bicyclic) bond motifs is 1. The lowest BCUT2D eigenvalue weighted by molar-refractivity contribution is 0.0699. The van der Waals surface area contributed by atoms with Crippen molar-refractivity contribution < 1.29 is 19.4 Å². The van der Waals surface area contributed by atoms with Crippen molar-refractivity contribution in [2.75, 3.05) is 0 Å². The molecule has 0 saturated carbocycles. The summed E-state index contributed by atoms with van der Waals surface area (Å²) in [5.41, 5.74) is 2.37. The summed E-state index contributed by atoms with van der Waals surface area (Å²) >= 11 is 0. The molecule has 0 saturated heterocycles. The monoisotopic (exact) mass is 350 g/mol. The summed E-state index contributed by atoms with van der Waals surface area (Å²) in [4.78, 5) is 12.1. The van der Waals surface area contributed by atoms with Crippen LogP contribution in [0.5, 0.6) is 5.75 Å². The molecule has 0 radical (unpaired) electrons. The predicted molar refractivity (Wildman–Crippen MR) is 96.3 cm³/mol. The highest BCUT2D eigenvalue weighted by atomic mass is 19.1. The number of nitrogens with zero attached hydrogens (tertiary/aromatic N) is 2. The molecule has 6 heteroatoms. The molecular formula is C20H15FN2O3. The van der Waals surface area contributed by atoms with Crippen molar-refractivity contribution in [3.05, 3.63) is 72.2 Å². The number of aromatic carboxylic acids is 1. The number of aryl methyl sites for hydroxylation is 1. The lowest BCUT2D eigenvalue weighted by Crippen LogP contribution is -2.05. The van der Waals surface area contributed by atoms with Crippen LogP contribution in [0.1, 0.15) is 10.4 Å². The fourth-order valence-electron chi connectivity index (χ4n) is 3.31. The topological polar surface area (TPSA) is 67.4 Å². The van der Waals surface area contributed by atoms with E-state index in [0.29, 0.717) is 28.0 Å². The van der Waals surface area contributed by atoms with Gasteiger partial charge in [-0.3, -0.25) is 0 Å². The third-order valence-corrected chi connectivity index (χ3v) is 4.46.